The number of ether oxygens (including phenoxy) is 3. The van der Waals surface area contributed by atoms with Crippen LogP contribution in [0.2, 0.25) is 0 Å². The maximum Gasteiger partial charge on any atom is 0.219 e. The lowest BCUT2D eigenvalue weighted by molar-refractivity contribution is 0.243. The van der Waals surface area contributed by atoms with Gasteiger partial charge in [-0.25, -0.2) is 4.98 Å². The van der Waals surface area contributed by atoms with E-state index in [1.807, 2.05) is 24.4 Å². The second kappa shape index (κ2) is 9.40. The number of hydrogen-bond acceptors (Lipinski definition) is 5. The van der Waals surface area contributed by atoms with Crippen molar-refractivity contribution in [3.05, 3.63) is 77.0 Å². The van der Waals surface area contributed by atoms with Crippen LogP contribution in [0.5, 0.6) is 23.1 Å². The van der Waals surface area contributed by atoms with Crippen LogP contribution in [0.1, 0.15) is 42.0 Å². The summed E-state index contributed by atoms with van der Waals surface area (Å²) in [5.41, 5.74) is 5.11. The topological polar surface area (TPSA) is 43.8 Å². The molecule has 0 saturated carbocycles. The molecule has 5 nitrogen and oxygen atoms in total. The van der Waals surface area contributed by atoms with Crippen molar-refractivity contribution in [1.82, 2.24) is 9.88 Å². The molecule has 0 radical (unpaired) electrons. The quantitative estimate of drug-likeness (QED) is 0.502. The molecule has 2 heterocycles. The van der Waals surface area contributed by atoms with Crippen molar-refractivity contribution in [3.8, 4) is 23.1 Å². The number of methoxy groups -OCH3 is 2. The summed E-state index contributed by atoms with van der Waals surface area (Å²) in [6, 6.07) is 16.5. The molecule has 3 aromatic rings. The Bertz CT molecular complexity index is 1030. The van der Waals surface area contributed by atoms with Crippen LogP contribution in [0.3, 0.4) is 0 Å². The molecule has 0 aliphatic carbocycles. The fraction of sp³-hybridized carbons (Fsp3) is 0.346. The van der Waals surface area contributed by atoms with E-state index >= 15 is 0 Å². The third-order valence-corrected chi connectivity index (χ3v) is 5.77. The van der Waals surface area contributed by atoms with E-state index in [4.69, 9.17) is 14.2 Å². The largest absolute Gasteiger partial charge is 0.493 e. The molecular formula is C26H30N2O3. The van der Waals surface area contributed by atoms with Gasteiger partial charge in [0.2, 0.25) is 5.88 Å². The molecule has 0 unspecified atom stereocenters. The van der Waals surface area contributed by atoms with Gasteiger partial charge in [-0.1, -0.05) is 26.0 Å². The van der Waals surface area contributed by atoms with Crippen LogP contribution in [0.4, 0.5) is 0 Å². The normalized spacial score (nSPS) is 13.7. The Labute approximate surface area is 184 Å². The zero-order chi connectivity index (χ0) is 21.8. The molecule has 5 heteroatoms. The number of fused-ring (bicyclic) bond motifs is 1. The van der Waals surface area contributed by atoms with E-state index in [9.17, 15) is 0 Å². The van der Waals surface area contributed by atoms with Crippen molar-refractivity contribution < 1.29 is 14.2 Å². The maximum atomic E-state index is 5.99. The van der Waals surface area contributed by atoms with Crippen LogP contribution in [0, 0.1) is 0 Å². The highest BCUT2D eigenvalue weighted by atomic mass is 16.5. The third-order valence-electron chi connectivity index (χ3n) is 5.77. The first-order valence-corrected chi connectivity index (χ1v) is 10.7. The van der Waals surface area contributed by atoms with Gasteiger partial charge in [0, 0.05) is 31.9 Å². The second-order valence-corrected chi connectivity index (χ2v) is 8.26. The van der Waals surface area contributed by atoms with Crippen molar-refractivity contribution in [2.45, 2.75) is 39.3 Å². The van der Waals surface area contributed by atoms with Crippen LogP contribution in [0.25, 0.3) is 0 Å². The molecule has 2 aromatic carbocycles. The summed E-state index contributed by atoms with van der Waals surface area (Å²) in [4.78, 5) is 6.83. The summed E-state index contributed by atoms with van der Waals surface area (Å²) >= 11 is 0. The highest BCUT2D eigenvalue weighted by Gasteiger charge is 2.19. The number of nitrogens with zero attached hydrogens (tertiary/aromatic N) is 2. The van der Waals surface area contributed by atoms with E-state index in [1.54, 1.807) is 14.2 Å². The molecule has 0 fully saturated rings. The number of hydrogen-bond donors (Lipinski definition) is 0. The van der Waals surface area contributed by atoms with E-state index in [1.165, 1.54) is 22.3 Å². The molecule has 0 spiro atoms. The van der Waals surface area contributed by atoms with Crippen LogP contribution in [-0.4, -0.2) is 30.6 Å². The number of rotatable bonds is 7. The molecule has 31 heavy (non-hydrogen) atoms. The van der Waals surface area contributed by atoms with Gasteiger partial charge in [-0.05, 0) is 64.9 Å². The van der Waals surface area contributed by atoms with Gasteiger partial charge in [-0.3, -0.25) is 4.90 Å². The van der Waals surface area contributed by atoms with Gasteiger partial charge in [0.25, 0.3) is 0 Å². The maximum absolute atomic E-state index is 5.99. The number of pyridine rings is 1. The van der Waals surface area contributed by atoms with Gasteiger partial charge in [-0.15, -0.1) is 0 Å². The minimum absolute atomic E-state index is 0.506. The number of benzene rings is 2. The molecule has 0 N–H and O–H groups in total. The molecule has 1 aromatic heterocycles. The van der Waals surface area contributed by atoms with Crippen molar-refractivity contribution >= 4 is 0 Å². The summed E-state index contributed by atoms with van der Waals surface area (Å²) in [5, 5.41) is 0. The first-order chi connectivity index (χ1) is 15.1. The van der Waals surface area contributed by atoms with Crippen LogP contribution in [0.15, 0.2) is 54.7 Å². The van der Waals surface area contributed by atoms with E-state index in [0.717, 1.165) is 43.3 Å². The Hall–Kier alpha value is -3.05. The van der Waals surface area contributed by atoms with Crippen molar-refractivity contribution in [2.24, 2.45) is 0 Å². The molecule has 0 bridgehead atoms. The summed E-state index contributed by atoms with van der Waals surface area (Å²) in [6.07, 6.45) is 2.81. The summed E-state index contributed by atoms with van der Waals surface area (Å²) in [6.45, 7) is 7.10. The van der Waals surface area contributed by atoms with E-state index < -0.39 is 0 Å². The zero-order valence-electron chi connectivity index (χ0n) is 18.7. The highest BCUT2D eigenvalue weighted by Crippen LogP contribution is 2.33. The predicted octanol–water partition coefficient (Wildman–Crippen LogP) is 5.57. The van der Waals surface area contributed by atoms with Gasteiger partial charge in [0.05, 0.1) is 14.2 Å². The predicted molar refractivity (Wildman–Crippen MR) is 122 cm³/mol. The van der Waals surface area contributed by atoms with Gasteiger partial charge < -0.3 is 14.2 Å². The highest BCUT2D eigenvalue weighted by molar-refractivity contribution is 5.48. The SMILES string of the molecule is COc1cc2c(cc1OC)CN(Cc1ccnc(Oc3ccc(C(C)C)cc3)c1)CC2. The Morgan fingerprint density at radius 3 is 2.32 bits per heavy atom. The Morgan fingerprint density at radius 2 is 1.65 bits per heavy atom. The fourth-order valence-electron chi connectivity index (χ4n) is 3.98. The van der Waals surface area contributed by atoms with Crippen LogP contribution >= 0.6 is 0 Å². The van der Waals surface area contributed by atoms with E-state index in [2.05, 4.69) is 54.1 Å². The Balaban J connectivity index is 1.43. The molecule has 1 aliphatic heterocycles. The lowest BCUT2D eigenvalue weighted by atomic mass is 9.98. The van der Waals surface area contributed by atoms with Crippen molar-refractivity contribution in [2.75, 3.05) is 20.8 Å². The summed E-state index contributed by atoms with van der Waals surface area (Å²) in [7, 11) is 3.36. The zero-order valence-corrected chi connectivity index (χ0v) is 18.7. The van der Waals surface area contributed by atoms with Crippen LogP contribution in [-0.2, 0) is 19.5 Å². The molecule has 4 rings (SSSR count). The monoisotopic (exact) mass is 418 g/mol. The average molecular weight is 419 g/mol. The summed E-state index contributed by atoms with van der Waals surface area (Å²) < 4.78 is 16.9. The van der Waals surface area contributed by atoms with Gasteiger partial charge in [0.1, 0.15) is 5.75 Å². The lowest BCUT2D eigenvalue weighted by Gasteiger charge is -2.29. The summed E-state index contributed by atoms with van der Waals surface area (Å²) in [5.74, 6) is 3.52. The molecule has 0 amide bonds. The molecule has 0 atom stereocenters. The molecule has 0 saturated heterocycles. The molecular weight excluding hydrogens is 388 g/mol. The minimum atomic E-state index is 0.506. The van der Waals surface area contributed by atoms with Gasteiger partial charge in [0.15, 0.2) is 11.5 Å². The smallest absolute Gasteiger partial charge is 0.219 e. The van der Waals surface area contributed by atoms with Crippen molar-refractivity contribution in [3.63, 3.8) is 0 Å². The van der Waals surface area contributed by atoms with Gasteiger partial charge >= 0.3 is 0 Å². The fourth-order valence-corrected chi connectivity index (χ4v) is 3.98. The Kier molecular flexibility index (Phi) is 6.42. The van der Waals surface area contributed by atoms with Crippen LogP contribution < -0.4 is 14.2 Å². The average Bonchev–Trinajstić information content (AvgIpc) is 2.78. The molecule has 162 valence electrons. The lowest BCUT2D eigenvalue weighted by Crippen LogP contribution is -2.30. The molecule has 1 aliphatic rings. The third kappa shape index (κ3) is 5.00. The van der Waals surface area contributed by atoms with E-state index in [0.29, 0.717) is 11.8 Å². The van der Waals surface area contributed by atoms with Gasteiger partial charge in [-0.2, -0.15) is 0 Å². The van der Waals surface area contributed by atoms with Crippen molar-refractivity contribution in [1.29, 1.82) is 0 Å². The standard InChI is InChI=1S/C26H30N2O3/c1-18(2)20-5-7-23(8-6-20)31-26-13-19(9-11-27-26)16-28-12-10-21-14-24(29-3)25(30-4)15-22(21)17-28/h5-9,11,13-15,18H,10,12,16-17H2,1-4H3. The van der Waals surface area contributed by atoms with E-state index in [-0.39, 0.29) is 0 Å². The Morgan fingerprint density at radius 1 is 0.935 bits per heavy atom. The number of aromatic nitrogens is 1. The first-order valence-electron chi connectivity index (χ1n) is 10.7. The second-order valence-electron chi connectivity index (χ2n) is 8.26. The minimum Gasteiger partial charge on any atom is -0.493 e. The first kappa shape index (κ1) is 21.2.